The highest BCUT2D eigenvalue weighted by Crippen LogP contribution is 2.01. The second kappa shape index (κ2) is 8.12. The normalized spacial score (nSPS) is 16.7. The van der Waals surface area contributed by atoms with Gasteiger partial charge >= 0.3 is 0 Å². The summed E-state index contributed by atoms with van der Waals surface area (Å²) in [7, 11) is 0. The van der Waals surface area contributed by atoms with E-state index in [-0.39, 0.29) is 11.8 Å². The van der Waals surface area contributed by atoms with Gasteiger partial charge < -0.3 is 15.5 Å². The highest BCUT2D eigenvalue weighted by atomic mass is 16.2. The molecule has 0 atom stereocenters. The zero-order valence-corrected chi connectivity index (χ0v) is 12.2. The summed E-state index contributed by atoms with van der Waals surface area (Å²) < 4.78 is 0. The monoisotopic (exact) mass is 270 g/mol. The van der Waals surface area contributed by atoms with Crippen LogP contribution < -0.4 is 10.6 Å². The summed E-state index contributed by atoms with van der Waals surface area (Å²) in [6.07, 6.45) is 0. The average molecular weight is 270 g/mol. The van der Waals surface area contributed by atoms with Gasteiger partial charge in [0, 0.05) is 38.8 Å². The van der Waals surface area contributed by atoms with Gasteiger partial charge in [0.25, 0.3) is 0 Å². The first-order valence-corrected chi connectivity index (χ1v) is 7.03. The number of carbonyl (C=O) groups excluding carboxylic acids is 2. The van der Waals surface area contributed by atoms with Gasteiger partial charge in [-0.1, -0.05) is 13.8 Å². The van der Waals surface area contributed by atoms with Crippen LogP contribution in [0.1, 0.15) is 20.8 Å². The fraction of sp³-hybridized carbons (Fsp3) is 0.846. The molecule has 6 nitrogen and oxygen atoms in total. The number of hydrogen-bond donors (Lipinski definition) is 2. The van der Waals surface area contributed by atoms with Gasteiger partial charge in [-0.05, 0) is 6.92 Å². The molecular formula is C13H26N4O2. The number of carbonyl (C=O) groups is 2. The van der Waals surface area contributed by atoms with E-state index in [0.29, 0.717) is 38.8 Å². The summed E-state index contributed by atoms with van der Waals surface area (Å²) in [6, 6.07) is 0.322. The van der Waals surface area contributed by atoms with Crippen LogP contribution in [0.25, 0.3) is 0 Å². The third kappa shape index (κ3) is 6.02. The number of likely N-dealkylation sites (N-methyl/N-ethyl adjacent to an activating group) is 1. The molecule has 2 amide bonds. The second-order valence-electron chi connectivity index (χ2n) is 5.15. The van der Waals surface area contributed by atoms with Gasteiger partial charge in [0.2, 0.25) is 11.8 Å². The Labute approximate surface area is 115 Å². The molecule has 2 N–H and O–H groups in total. The molecule has 1 saturated heterocycles. The van der Waals surface area contributed by atoms with Crippen LogP contribution in [0.4, 0.5) is 0 Å². The molecule has 0 aromatic carbocycles. The Morgan fingerprint density at radius 3 is 2.32 bits per heavy atom. The van der Waals surface area contributed by atoms with Gasteiger partial charge in [-0.25, -0.2) is 0 Å². The van der Waals surface area contributed by atoms with Crippen LogP contribution in [0.15, 0.2) is 0 Å². The Morgan fingerprint density at radius 2 is 1.79 bits per heavy atom. The molecule has 19 heavy (non-hydrogen) atoms. The Balaban J connectivity index is 2.24. The molecule has 6 heteroatoms. The molecule has 0 aromatic rings. The summed E-state index contributed by atoms with van der Waals surface area (Å²) in [5.74, 6) is 0.204. The number of piperazine rings is 1. The zero-order valence-electron chi connectivity index (χ0n) is 12.2. The third-order valence-electron chi connectivity index (χ3n) is 3.13. The van der Waals surface area contributed by atoms with E-state index in [9.17, 15) is 9.59 Å². The summed E-state index contributed by atoms with van der Waals surface area (Å²) in [5, 5.41) is 5.92. The molecule has 1 aliphatic rings. The molecule has 1 heterocycles. The molecular weight excluding hydrogens is 244 g/mol. The van der Waals surface area contributed by atoms with E-state index in [4.69, 9.17) is 0 Å². The SMILES string of the molecule is CCNC(=O)CN1CCN(C(=O)CNC(C)C)CC1. The second-order valence-corrected chi connectivity index (χ2v) is 5.15. The van der Waals surface area contributed by atoms with Crippen molar-refractivity contribution in [1.82, 2.24) is 20.4 Å². The van der Waals surface area contributed by atoms with Gasteiger partial charge in [-0.15, -0.1) is 0 Å². The van der Waals surface area contributed by atoms with Crippen molar-refractivity contribution >= 4 is 11.8 Å². The molecule has 1 rings (SSSR count). The maximum absolute atomic E-state index is 11.9. The molecule has 1 aliphatic heterocycles. The highest BCUT2D eigenvalue weighted by molar-refractivity contribution is 5.79. The number of amides is 2. The zero-order chi connectivity index (χ0) is 14.3. The molecule has 0 aliphatic carbocycles. The van der Waals surface area contributed by atoms with Gasteiger partial charge in [0.05, 0.1) is 13.1 Å². The minimum absolute atomic E-state index is 0.0590. The van der Waals surface area contributed by atoms with Crippen molar-refractivity contribution in [3.05, 3.63) is 0 Å². The molecule has 0 unspecified atom stereocenters. The topological polar surface area (TPSA) is 64.7 Å². The maximum atomic E-state index is 11.9. The molecule has 0 aromatic heterocycles. The summed E-state index contributed by atoms with van der Waals surface area (Å²) >= 11 is 0. The van der Waals surface area contributed by atoms with E-state index >= 15 is 0 Å². The van der Waals surface area contributed by atoms with E-state index in [1.807, 2.05) is 25.7 Å². The first-order valence-electron chi connectivity index (χ1n) is 7.03. The summed E-state index contributed by atoms with van der Waals surface area (Å²) in [5.41, 5.74) is 0. The summed E-state index contributed by atoms with van der Waals surface area (Å²) in [6.45, 7) is 10.4. The fourth-order valence-electron chi connectivity index (χ4n) is 2.01. The fourth-order valence-corrected chi connectivity index (χ4v) is 2.01. The van der Waals surface area contributed by atoms with Gasteiger partial charge in [-0.2, -0.15) is 0 Å². The molecule has 110 valence electrons. The van der Waals surface area contributed by atoms with Gasteiger partial charge in [0.15, 0.2) is 0 Å². The van der Waals surface area contributed by atoms with Crippen LogP contribution in [-0.4, -0.2) is 73.5 Å². The van der Waals surface area contributed by atoms with Crippen molar-refractivity contribution in [2.75, 3.05) is 45.8 Å². The van der Waals surface area contributed by atoms with Gasteiger partial charge in [0.1, 0.15) is 0 Å². The molecule has 0 bridgehead atoms. The molecule has 0 saturated carbocycles. The van der Waals surface area contributed by atoms with Crippen LogP contribution in [0.2, 0.25) is 0 Å². The average Bonchev–Trinajstić information content (AvgIpc) is 2.37. The number of rotatable bonds is 6. The quantitative estimate of drug-likeness (QED) is 0.667. The number of nitrogens with one attached hydrogen (secondary N) is 2. The van der Waals surface area contributed by atoms with Gasteiger partial charge in [-0.3, -0.25) is 14.5 Å². The van der Waals surface area contributed by atoms with E-state index in [1.54, 1.807) is 0 Å². The third-order valence-corrected chi connectivity index (χ3v) is 3.13. The van der Waals surface area contributed by atoms with Crippen LogP contribution in [0, 0.1) is 0 Å². The first kappa shape index (κ1) is 15.9. The van der Waals surface area contributed by atoms with E-state index in [1.165, 1.54) is 0 Å². The standard InChI is InChI=1S/C13H26N4O2/c1-4-14-12(18)10-16-5-7-17(8-6-16)13(19)9-15-11(2)3/h11,15H,4-10H2,1-3H3,(H,14,18). The maximum Gasteiger partial charge on any atom is 0.236 e. The lowest BCUT2D eigenvalue weighted by Gasteiger charge is -2.34. The number of hydrogen-bond acceptors (Lipinski definition) is 4. The highest BCUT2D eigenvalue weighted by Gasteiger charge is 2.21. The van der Waals surface area contributed by atoms with Crippen molar-refractivity contribution in [3.63, 3.8) is 0 Å². The Hall–Kier alpha value is -1.14. The predicted octanol–water partition coefficient (Wildman–Crippen LogP) is -0.735. The van der Waals surface area contributed by atoms with Crippen molar-refractivity contribution in [3.8, 4) is 0 Å². The Kier molecular flexibility index (Phi) is 6.80. The van der Waals surface area contributed by atoms with E-state index in [0.717, 1.165) is 13.1 Å². The molecule has 1 fully saturated rings. The Morgan fingerprint density at radius 1 is 1.16 bits per heavy atom. The van der Waals surface area contributed by atoms with Crippen LogP contribution in [-0.2, 0) is 9.59 Å². The van der Waals surface area contributed by atoms with Crippen LogP contribution in [0.5, 0.6) is 0 Å². The number of nitrogens with zero attached hydrogens (tertiary/aromatic N) is 2. The molecule has 0 spiro atoms. The lowest BCUT2D eigenvalue weighted by molar-refractivity contribution is -0.132. The van der Waals surface area contributed by atoms with E-state index < -0.39 is 0 Å². The Bertz CT molecular complexity index is 299. The van der Waals surface area contributed by atoms with Crippen LogP contribution in [0.3, 0.4) is 0 Å². The lowest BCUT2D eigenvalue weighted by atomic mass is 10.3. The largest absolute Gasteiger partial charge is 0.355 e. The first-order chi connectivity index (χ1) is 9.02. The predicted molar refractivity (Wildman–Crippen MR) is 74.8 cm³/mol. The lowest BCUT2D eigenvalue weighted by Crippen LogP contribution is -2.52. The van der Waals surface area contributed by atoms with E-state index in [2.05, 4.69) is 15.5 Å². The van der Waals surface area contributed by atoms with Crippen molar-refractivity contribution < 1.29 is 9.59 Å². The van der Waals surface area contributed by atoms with Crippen molar-refractivity contribution in [2.45, 2.75) is 26.8 Å². The minimum Gasteiger partial charge on any atom is -0.355 e. The molecule has 0 radical (unpaired) electrons. The smallest absolute Gasteiger partial charge is 0.236 e. The summed E-state index contributed by atoms with van der Waals surface area (Å²) in [4.78, 5) is 27.3. The minimum atomic E-state index is 0.0590. The van der Waals surface area contributed by atoms with Crippen molar-refractivity contribution in [2.24, 2.45) is 0 Å². The van der Waals surface area contributed by atoms with Crippen LogP contribution >= 0.6 is 0 Å². The van der Waals surface area contributed by atoms with Crippen molar-refractivity contribution in [1.29, 1.82) is 0 Å².